The van der Waals surface area contributed by atoms with Crippen molar-refractivity contribution in [3.63, 3.8) is 0 Å². The minimum atomic E-state index is 0.366. The van der Waals surface area contributed by atoms with Crippen molar-refractivity contribution in [2.24, 2.45) is 5.73 Å². The summed E-state index contributed by atoms with van der Waals surface area (Å²) in [6.07, 6.45) is 0. The van der Waals surface area contributed by atoms with Crippen LogP contribution in [0, 0.1) is 0 Å². The molecule has 130 valence electrons. The minimum Gasteiger partial charge on any atom is -0.493 e. The first-order chi connectivity index (χ1) is 11.6. The Morgan fingerprint density at radius 3 is 2.42 bits per heavy atom. The molecule has 0 unspecified atom stereocenters. The fraction of sp³-hybridized carbons (Fsp3) is 0.368. The van der Waals surface area contributed by atoms with E-state index < -0.39 is 0 Å². The van der Waals surface area contributed by atoms with E-state index >= 15 is 0 Å². The summed E-state index contributed by atoms with van der Waals surface area (Å²) in [6.45, 7) is 5.46. The standard InChI is InChI=1S/C19H24ClNO3/c1-13(2)15-6-4-5-7-17(15)23-8-9-24-19-16(20)10-14(12-21)11-18(19)22-3/h4-7,10-11,13H,8-9,12,21H2,1-3H3. The topological polar surface area (TPSA) is 53.7 Å². The first-order valence-electron chi connectivity index (χ1n) is 7.97. The van der Waals surface area contributed by atoms with Crippen LogP contribution < -0.4 is 19.9 Å². The average molecular weight is 350 g/mol. The van der Waals surface area contributed by atoms with Crippen LogP contribution in [0.1, 0.15) is 30.9 Å². The van der Waals surface area contributed by atoms with Gasteiger partial charge in [0, 0.05) is 6.54 Å². The Morgan fingerprint density at radius 1 is 1.04 bits per heavy atom. The van der Waals surface area contributed by atoms with Gasteiger partial charge in [0.1, 0.15) is 19.0 Å². The Balaban J connectivity index is 1.98. The predicted molar refractivity (Wildman–Crippen MR) is 97.4 cm³/mol. The van der Waals surface area contributed by atoms with Gasteiger partial charge in [0.25, 0.3) is 0 Å². The number of rotatable bonds is 8. The molecule has 2 aromatic carbocycles. The van der Waals surface area contributed by atoms with Crippen molar-refractivity contribution in [1.29, 1.82) is 0 Å². The molecule has 0 aliphatic heterocycles. The van der Waals surface area contributed by atoms with E-state index in [0.717, 1.165) is 11.3 Å². The summed E-state index contributed by atoms with van der Waals surface area (Å²) in [4.78, 5) is 0. The number of ether oxygens (including phenoxy) is 3. The normalized spacial score (nSPS) is 10.8. The van der Waals surface area contributed by atoms with Crippen LogP contribution in [-0.4, -0.2) is 20.3 Å². The predicted octanol–water partition coefficient (Wildman–Crippen LogP) is 4.39. The number of hydrogen-bond donors (Lipinski definition) is 1. The molecule has 0 saturated carbocycles. The first-order valence-corrected chi connectivity index (χ1v) is 8.35. The molecule has 0 radical (unpaired) electrons. The van der Waals surface area contributed by atoms with Gasteiger partial charge in [0.2, 0.25) is 0 Å². The number of hydrogen-bond acceptors (Lipinski definition) is 4. The molecule has 0 aliphatic rings. The third kappa shape index (κ3) is 4.56. The first kappa shape index (κ1) is 18.4. The van der Waals surface area contributed by atoms with Gasteiger partial charge in [-0.15, -0.1) is 0 Å². The molecule has 0 heterocycles. The van der Waals surface area contributed by atoms with E-state index in [1.54, 1.807) is 13.2 Å². The molecule has 0 saturated heterocycles. The van der Waals surface area contributed by atoms with Gasteiger partial charge in [-0.2, -0.15) is 0 Å². The molecule has 2 rings (SSSR count). The zero-order valence-electron chi connectivity index (χ0n) is 14.3. The summed E-state index contributed by atoms with van der Waals surface area (Å²) in [7, 11) is 1.58. The maximum Gasteiger partial charge on any atom is 0.179 e. The maximum atomic E-state index is 6.25. The molecule has 24 heavy (non-hydrogen) atoms. The van der Waals surface area contributed by atoms with E-state index in [4.69, 9.17) is 31.5 Å². The highest BCUT2D eigenvalue weighted by Gasteiger charge is 2.12. The summed E-state index contributed by atoms with van der Waals surface area (Å²) in [5.74, 6) is 2.37. The van der Waals surface area contributed by atoms with Gasteiger partial charge in [-0.25, -0.2) is 0 Å². The third-order valence-electron chi connectivity index (χ3n) is 3.65. The summed E-state index contributed by atoms with van der Waals surface area (Å²) < 4.78 is 16.9. The molecular weight excluding hydrogens is 326 g/mol. The lowest BCUT2D eigenvalue weighted by atomic mass is 10.0. The SMILES string of the molecule is COc1cc(CN)cc(Cl)c1OCCOc1ccccc1C(C)C. The number of para-hydroxylation sites is 1. The van der Waals surface area contributed by atoms with Crippen LogP contribution in [-0.2, 0) is 6.54 Å². The van der Waals surface area contributed by atoms with E-state index in [1.807, 2.05) is 24.3 Å². The van der Waals surface area contributed by atoms with Gasteiger partial charge in [-0.3, -0.25) is 0 Å². The van der Waals surface area contributed by atoms with E-state index in [1.165, 1.54) is 5.56 Å². The summed E-state index contributed by atoms with van der Waals surface area (Å²) in [5.41, 5.74) is 7.72. The maximum absolute atomic E-state index is 6.25. The Hall–Kier alpha value is -1.91. The van der Waals surface area contributed by atoms with Crippen LogP contribution in [0.25, 0.3) is 0 Å². The van der Waals surface area contributed by atoms with Crippen LogP contribution >= 0.6 is 11.6 Å². The second kappa shape index (κ2) is 8.81. The Morgan fingerprint density at radius 2 is 1.75 bits per heavy atom. The highest BCUT2D eigenvalue weighted by atomic mass is 35.5. The summed E-state index contributed by atoms with van der Waals surface area (Å²) >= 11 is 6.25. The number of benzene rings is 2. The van der Waals surface area contributed by atoms with E-state index in [-0.39, 0.29) is 0 Å². The van der Waals surface area contributed by atoms with E-state index in [0.29, 0.717) is 42.2 Å². The van der Waals surface area contributed by atoms with Crippen molar-refractivity contribution in [3.05, 3.63) is 52.5 Å². The molecule has 2 aromatic rings. The van der Waals surface area contributed by atoms with Crippen molar-refractivity contribution in [1.82, 2.24) is 0 Å². The lowest BCUT2D eigenvalue weighted by molar-refractivity contribution is 0.210. The van der Waals surface area contributed by atoms with Gasteiger partial charge in [0.05, 0.1) is 12.1 Å². The zero-order valence-corrected chi connectivity index (χ0v) is 15.1. The quantitative estimate of drug-likeness (QED) is 0.718. The second-order valence-electron chi connectivity index (χ2n) is 5.70. The van der Waals surface area contributed by atoms with Gasteiger partial charge in [-0.1, -0.05) is 43.6 Å². The van der Waals surface area contributed by atoms with E-state index in [2.05, 4.69) is 19.9 Å². The molecule has 0 spiro atoms. The fourth-order valence-corrected chi connectivity index (χ4v) is 2.70. The second-order valence-corrected chi connectivity index (χ2v) is 6.11. The molecule has 0 aliphatic carbocycles. The Bertz CT molecular complexity index is 674. The highest BCUT2D eigenvalue weighted by molar-refractivity contribution is 6.32. The van der Waals surface area contributed by atoms with Crippen molar-refractivity contribution < 1.29 is 14.2 Å². The van der Waals surface area contributed by atoms with Crippen molar-refractivity contribution in [2.75, 3.05) is 20.3 Å². The minimum absolute atomic E-state index is 0.366. The molecule has 0 aromatic heterocycles. The number of halogens is 1. The molecular formula is C19H24ClNO3. The van der Waals surface area contributed by atoms with E-state index in [9.17, 15) is 0 Å². The van der Waals surface area contributed by atoms with Crippen molar-refractivity contribution >= 4 is 11.6 Å². The number of methoxy groups -OCH3 is 1. The molecule has 4 nitrogen and oxygen atoms in total. The van der Waals surface area contributed by atoms with Gasteiger partial charge < -0.3 is 19.9 Å². The Labute approximate surface area is 148 Å². The average Bonchev–Trinajstić information content (AvgIpc) is 2.59. The van der Waals surface area contributed by atoms with Gasteiger partial charge in [-0.05, 0) is 35.2 Å². The van der Waals surface area contributed by atoms with Gasteiger partial charge >= 0.3 is 0 Å². The van der Waals surface area contributed by atoms with Crippen LogP contribution in [0.15, 0.2) is 36.4 Å². The molecule has 0 amide bonds. The number of nitrogens with two attached hydrogens (primary N) is 1. The lowest BCUT2D eigenvalue weighted by Gasteiger charge is -2.16. The lowest BCUT2D eigenvalue weighted by Crippen LogP contribution is -2.11. The largest absolute Gasteiger partial charge is 0.493 e. The molecule has 5 heteroatoms. The van der Waals surface area contributed by atoms with Crippen LogP contribution in [0.4, 0.5) is 0 Å². The summed E-state index contributed by atoms with van der Waals surface area (Å²) in [5, 5.41) is 0.484. The van der Waals surface area contributed by atoms with Crippen molar-refractivity contribution in [2.45, 2.75) is 26.3 Å². The molecule has 0 bridgehead atoms. The highest BCUT2D eigenvalue weighted by Crippen LogP contribution is 2.36. The molecule has 0 atom stereocenters. The third-order valence-corrected chi connectivity index (χ3v) is 3.93. The summed E-state index contributed by atoms with van der Waals surface area (Å²) in [6, 6.07) is 11.6. The fourth-order valence-electron chi connectivity index (χ4n) is 2.42. The zero-order chi connectivity index (χ0) is 17.5. The molecule has 2 N–H and O–H groups in total. The van der Waals surface area contributed by atoms with Gasteiger partial charge in [0.15, 0.2) is 11.5 Å². The Kier molecular flexibility index (Phi) is 6.76. The molecule has 0 fully saturated rings. The van der Waals surface area contributed by atoms with Crippen LogP contribution in [0.5, 0.6) is 17.2 Å². The smallest absolute Gasteiger partial charge is 0.179 e. The van der Waals surface area contributed by atoms with Crippen LogP contribution in [0.3, 0.4) is 0 Å². The monoisotopic (exact) mass is 349 g/mol. The van der Waals surface area contributed by atoms with Crippen molar-refractivity contribution in [3.8, 4) is 17.2 Å². The van der Waals surface area contributed by atoms with Crippen LogP contribution in [0.2, 0.25) is 5.02 Å².